The van der Waals surface area contributed by atoms with Crippen LogP contribution in [0.5, 0.6) is 5.75 Å². The second-order valence-corrected chi connectivity index (χ2v) is 13.2. The summed E-state index contributed by atoms with van der Waals surface area (Å²) >= 11 is 12.2. The first-order valence-electron chi connectivity index (χ1n) is 13.2. The summed E-state index contributed by atoms with van der Waals surface area (Å²) < 4.78 is 56.6. The van der Waals surface area contributed by atoms with Gasteiger partial charge in [-0.1, -0.05) is 51.0 Å². The zero-order chi connectivity index (χ0) is 33.3. The van der Waals surface area contributed by atoms with Crippen molar-refractivity contribution < 1.29 is 32.4 Å². The van der Waals surface area contributed by atoms with Crippen molar-refractivity contribution in [1.29, 1.82) is 0 Å². The second kappa shape index (κ2) is 13.7. The first-order valence-corrected chi connectivity index (χ1v) is 16.3. The number of nitro groups is 1. The summed E-state index contributed by atoms with van der Waals surface area (Å²) in [7, 11) is 0. The van der Waals surface area contributed by atoms with Crippen molar-refractivity contribution in [2.75, 3.05) is 6.61 Å². The smallest absolute Gasteiger partial charge is 0.434 e. The normalized spacial score (nSPS) is 14.9. The van der Waals surface area contributed by atoms with Gasteiger partial charge in [-0.05, 0) is 83.1 Å². The lowest BCUT2D eigenvalue weighted by atomic mass is 9.95. The predicted octanol–water partition coefficient (Wildman–Crippen LogP) is 6.85. The van der Waals surface area contributed by atoms with E-state index in [0.29, 0.717) is 29.9 Å². The van der Waals surface area contributed by atoms with Gasteiger partial charge in [0.2, 0.25) is 0 Å². The van der Waals surface area contributed by atoms with Gasteiger partial charge in [-0.25, -0.2) is 9.79 Å². The van der Waals surface area contributed by atoms with E-state index in [2.05, 4.69) is 20.9 Å². The molecule has 3 aromatic carbocycles. The lowest BCUT2D eigenvalue weighted by Crippen LogP contribution is -2.41. The molecule has 46 heavy (non-hydrogen) atoms. The van der Waals surface area contributed by atoms with E-state index in [9.17, 15) is 32.9 Å². The molecule has 5 rings (SSSR count). The van der Waals surface area contributed by atoms with E-state index in [4.69, 9.17) is 21.1 Å². The fourth-order valence-corrected chi connectivity index (χ4v) is 7.48. The van der Waals surface area contributed by atoms with Crippen molar-refractivity contribution in [2.24, 2.45) is 4.99 Å². The third-order valence-electron chi connectivity index (χ3n) is 6.63. The molecule has 0 unspecified atom stereocenters. The molecule has 0 amide bonds. The van der Waals surface area contributed by atoms with Crippen LogP contribution in [0.25, 0.3) is 6.08 Å². The maximum absolute atomic E-state index is 14.4. The Morgan fingerprint density at radius 1 is 1.20 bits per heavy atom. The van der Waals surface area contributed by atoms with Gasteiger partial charge in [0.05, 0.1) is 31.2 Å². The summed E-state index contributed by atoms with van der Waals surface area (Å²) in [5.74, 6) is -0.887. The van der Waals surface area contributed by atoms with Crippen LogP contribution in [-0.4, -0.2) is 28.2 Å². The third kappa shape index (κ3) is 7.06. The number of thiazole rings is 1. The number of esters is 1. The number of rotatable bonds is 8. The Morgan fingerprint density at radius 2 is 1.87 bits per heavy atom. The molecule has 0 saturated heterocycles. The topological polar surface area (TPSA) is 113 Å². The molecule has 0 radical (unpaired) electrons. The van der Waals surface area contributed by atoms with Gasteiger partial charge in [-0.2, -0.15) is 13.2 Å². The van der Waals surface area contributed by atoms with Crippen LogP contribution in [0.3, 0.4) is 0 Å². The fraction of sp³-hybridized carbons (Fsp3) is 0.167. The minimum Gasteiger partial charge on any atom is -0.487 e. The summed E-state index contributed by atoms with van der Waals surface area (Å²) in [5.41, 5.74) is -1.78. The lowest BCUT2D eigenvalue weighted by Gasteiger charge is -2.26. The van der Waals surface area contributed by atoms with E-state index < -0.39 is 39.9 Å². The molecule has 0 saturated carbocycles. The van der Waals surface area contributed by atoms with Crippen LogP contribution in [0.15, 0.2) is 86.2 Å². The summed E-state index contributed by atoms with van der Waals surface area (Å²) in [6.45, 7) is 1.29. The molecule has 1 aliphatic rings. The Labute approximate surface area is 289 Å². The number of non-ortho nitro benzene ring substituents is 1. The molecule has 16 heteroatoms. The van der Waals surface area contributed by atoms with E-state index in [-0.39, 0.29) is 33.8 Å². The Morgan fingerprint density at radius 3 is 2.48 bits per heavy atom. The number of hydrogen-bond acceptors (Lipinski definition) is 8. The number of carbonyl (C=O) groups is 1. The Balaban J connectivity index is 1.67. The summed E-state index contributed by atoms with van der Waals surface area (Å²) in [6, 6.07) is 13.5. The molecular formula is C30H19BrClF3IN3O6S. The molecule has 0 fully saturated rings. The minimum atomic E-state index is -5.04. The molecule has 0 bridgehead atoms. The molecule has 0 N–H and O–H groups in total. The Bertz CT molecular complexity index is 2070. The van der Waals surface area contributed by atoms with Crippen LogP contribution in [0.1, 0.15) is 29.7 Å². The summed E-state index contributed by atoms with van der Waals surface area (Å²) in [6.07, 6.45) is -3.57. The maximum Gasteiger partial charge on any atom is 0.434 e. The average Bonchev–Trinajstić information content (AvgIpc) is 3.30. The van der Waals surface area contributed by atoms with Gasteiger partial charge >= 0.3 is 12.1 Å². The highest BCUT2D eigenvalue weighted by atomic mass is 127. The van der Waals surface area contributed by atoms with E-state index in [1.165, 1.54) is 49.4 Å². The highest BCUT2D eigenvalue weighted by molar-refractivity contribution is 14.1. The SMILES string of the molecule is CCOC(=O)C1=C(C(F)(F)F)N=c2s/c(=C\c3cc(Br)cc(I)c3OCc3ccc([N+](=O)[O-])cc3)c(=O)n2[C@H]1c1ccc(Cl)cc1. The average molecular weight is 849 g/mol. The Kier molecular flexibility index (Phi) is 10.0. The molecule has 238 valence electrons. The van der Waals surface area contributed by atoms with Gasteiger partial charge in [-0.3, -0.25) is 19.5 Å². The van der Waals surface area contributed by atoms with E-state index in [0.717, 1.165) is 15.9 Å². The minimum absolute atomic E-state index is 0.0263. The van der Waals surface area contributed by atoms with Crippen LogP contribution in [0.2, 0.25) is 5.02 Å². The standard InChI is InChI=1S/C30H19BrClF3IN3O6S/c1-2-44-28(41)23-24(16-5-7-19(32)8-6-16)38-27(40)22(46-29(38)37-26(23)30(33,34)35)12-17-11-18(31)13-21(36)25(17)45-14-15-3-9-20(10-4-15)39(42)43/h3-13,24H,2,14H2,1H3/b22-12-/t24-/m0/s1. The van der Waals surface area contributed by atoms with E-state index in [1.54, 1.807) is 24.3 Å². The molecular weight excluding hydrogens is 830 g/mol. The quantitative estimate of drug-likeness (QED) is 0.0831. The first kappa shape index (κ1) is 33.8. The van der Waals surface area contributed by atoms with Crippen molar-refractivity contribution in [3.63, 3.8) is 0 Å². The highest BCUT2D eigenvalue weighted by Crippen LogP contribution is 2.38. The van der Waals surface area contributed by atoms with Crippen LogP contribution < -0.4 is 19.6 Å². The number of nitro benzene ring substituents is 1. The predicted molar refractivity (Wildman–Crippen MR) is 177 cm³/mol. The third-order valence-corrected chi connectivity index (χ3v) is 9.13. The number of halogens is 6. The van der Waals surface area contributed by atoms with Crippen LogP contribution >= 0.6 is 61.5 Å². The van der Waals surface area contributed by atoms with Crippen molar-refractivity contribution in [1.82, 2.24) is 4.57 Å². The monoisotopic (exact) mass is 847 g/mol. The van der Waals surface area contributed by atoms with Crippen molar-refractivity contribution >= 4 is 79.2 Å². The zero-order valence-corrected chi connectivity index (χ0v) is 28.6. The van der Waals surface area contributed by atoms with E-state index >= 15 is 0 Å². The number of nitrogens with zero attached hydrogens (tertiary/aromatic N) is 3. The summed E-state index contributed by atoms with van der Waals surface area (Å²) in [5, 5.41) is 11.3. The van der Waals surface area contributed by atoms with Gasteiger partial charge in [0.25, 0.3) is 11.2 Å². The molecule has 0 aliphatic carbocycles. The molecule has 1 atom stereocenters. The van der Waals surface area contributed by atoms with E-state index in [1.807, 2.05) is 22.6 Å². The second-order valence-electron chi connectivity index (χ2n) is 9.63. The number of aromatic nitrogens is 1. The van der Waals surface area contributed by atoms with Crippen molar-refractivity contribution in [3.05, 3.63) is 131 Å². The fourth-order valence-electron chi connectivity index (χ4n) is 4.65. The Hall–Kier alpha value is -3.54. The summed E-state index contributed by atoms with van der Waals surface area (Å²) in [4.78, 5) is 41.0. The van der Waals surface area contributed by atoms with Gasteiger partial charge < -0.3 is 9.47 Å². The number of hydrogen-bond donors (Lipinski definition) is 0. The number of benzene rings is 3. The molecule has 9 nitrogen and oxygen atoms in total. The van der Waals surface area contributed by atoms with Gasteiger partial charge in [0.1, 0.15) is 12.4 Å². The molecule has 2 heterocycles. The van der Waals surface area contributed by atoms with Crippen LogP contribution in [-0.2, 0) is 16.1 Å². The number of carbonyl (C=O) groups excluding carboxylic acids is 1. The number of alkyl halides is 3. The number of fused-ring (bicyclic) bond motifs is 1. The first-order chi connectivity index (χ1) is 21.8. The lowest BCUT2D eigenvalue weighted by molar-refractivity contribution is -0.384. The molecule has 1 aliphatic heterocycles. The van der Waals surface area contributed by atoms with Crippen molar-refractivity contribution in [3.8, 4) is 5.75 Å². The molecule has 4 aromatic rings. The molecule has 0 spiro atoms. The van der Waals surface area contributed by atoms with Crippen molar-refractivity contribution in [2.45, 2.75) is 25.7 Å². The van der Waals surface area contributed by atoms with Gasteiger partial charge in [0, 0.05) is 27.2 Å². The largest absolute Gasteiger partial charge is 0.487 e. The van der Waals surface area contributed by atoms with Gasteiger partial charge in [-0.15, -0.1) is 0 Å². The van der Waals surface area contributed by atoms with Crippen LogP contribution in [0.4, 0.5) is 18.9 Å². The van der Waals surface area contributed by atoms with Gasteiger partial charge in [0.15, 0.2) is 10.5 Å². The number of allylic oxidation sites excluding steroid dienone is 1. The highest BCUT2D eigenvalue weighted by Gasteiger charge is 2.45. The van der Waals surface area contributed by atoms with Crippen LogP contribution in [0, 0.1) is 13.7 Å². The maximum atomic E-state index is 14.4. The number of ether oxygens (including phenoxy) is 2. The zero-order valence-electron chi connectivity index (χ0n) is 23.3. The molecule has 1 aromatic heterocycles.